The summed E-state index contributed by atoms with van der Waals surface area (Å²) in [5.41, 5.74) is 4.28. The van der Waals surface area contributed by atoms with Gasteiger partial charge in [-0.05, 0) is 37.0 Å². The molecule has 0 bridgehead atoms. The van der Waals surface area contributed by atoms with E-state index in [4.69, 9.17) is 19.4 Å². The number of hydrogen-bond acceptors (Lipinski definition) is 6. The molecule has 2 heterocycles. The minimum Gasteiger partial charge on any atom is -0.493 e. The Morgan fingerprint density at radius 3 is 2.29 bits per heavy atom. The monoisotopic (exact) mass is 415 g/mol. The van der Waals surface area contributed by atoms with E-state index in [-0.39, 0.29) is 5.78 Å². The molecule has 0 atom stereocenters. The number of anilines is 1. The third-order valence-corrected chi connectivity index (χ3v) is 6.27. The molecular weight excluding hydrogens is 390 g/mol. The largest absolute Gasteiger partial charge is 0.493 e. The van der Waals surface area contributed by atoms with E-state index in [1.54, 1.807) is 14.2 Å². The van der Waals surface area contributed by atoms with Crippen LogP contribution in [0.4, 0.5) is 5.95 Å². The number of aromatic nitrogens is 2. The Morgan fingerprint density at radius 2 is 1.58 bits per heavy atom. The third-order valence-electron chi connectivity index (χ3n) is 6.27. The molecule has 6 heteroatoms. The van der Waals surface area contributed by atoms with E-state index in [2.05, 4.69) is 11.8 Å². The fraction of sp³-hybridized carbons (Fsp3) is 0.320. The maximum absolute atomic E-state index is 13.3. The molecule has 1 fully saturated rings. The average Bonchev–Trinajstić information content (AvgIpc) is 3.11. The van der Waals surface area contributed by atoms with Gasteiger partial charge < -0.3 is 14.4 Å². The zero-order valence-electron chi connectivity index (χ0n) is 18.0. The van der Waals surface area contributed by atoms with Crippen molar-refractivity contribution >= 4 is 11.7 Å². The first-order chi connectivity index (χ1) is 15.1. The van der Waals surface area contributed by atoms with Gasteiger partial charge in [0, 0.05) is 29.8 Å². The highest BCUT2D eigenvalue weighted by Gasteiger charge is 2.33. The summed E-state index contributed by atoms with van der Waals surface area (Å²) in [6, 6.07) is 13.3. The van der Waals surface area contributed by atoms with E-state index in [1.807, 2.05) is 42.5 Å². The molecule has 0 spiro atoms. The highest BCUT2D eigenvalue weighted by molar-refractivity contribution is 6.23. The first-order valence-corrected chi connectivity index (χ1v) is 10.6. The van der Waals surface area contributed by atoms with Crippen LogP contribution in [0.15, 0.2) is 42.5 Å². The molecule has 2 aliphatic rings. The number of carbonyl (C=O) groups is 1. The van der Waals surface area contributed by atoms with E-state index in [1.165, 1.54) is 0 Å². The zero-order chi connectivity index (χ0) is 21.5. The molecule has 31 heavy (non-hydrogen) atoms. The smallest absolute Gasteiger partial charge is 0.226 e. The number of fused-ring (bicyclic) bond motifs is 3. The van der Waals surface area contributed by atoms with Crippen molar-refractivity contribution in [2.45, 2.75) is 19.8 Å². The lowest BCUT2D eigenvalue weighted by atomic mass is 9.99. The molecule has 0 N–H and O–H groups in total. The summed E-state index contributed by atoms with van der Waals surface area (Å²) in [6.45, 7) is 4.12. The first-order valence-electron chi connectivity index (χ1n) is 10.6. The molecule has 0 saturated carbocycles. The van der Waals surface area contributed by atoms with E-state index in [0.717, 1.165) is 37.1 Å². The second-order valence-electron chi connectivity index (χ2n) is 8.21. The third kappa shape index (κ3) is 3.23. The van der Waals surface area contributed by atoms with E-state index in [0.29, 0.717) is 45.9 Å². The maximum Gasteiger partial charge on any atom is 0.226 e. The predicted molar refractivity (Wildman–Crippen MR) is 120 cm³/mol. The second-order valence-corrected chi connectivity index (χ2v) is 8.21. The number of ether oxygens (including phenoxy) is 2. The van der Waals surface area contributed by atoms with Crippen LogP contribution in [0.5, 0.6) is 11.5 Å². The molecule has 0 radical (unpaired) electrons. The fourth-order valence-corrected chi connectivity index (χ4v) is 4.42. The molecule has 0 unspecified atom stereocenters. The van der Waals surface area contributed by atoms with Gasteiger partial charge in [0.25, 0.3) is 0 Å². The molecule has 2 aromatic carbocycles. The van der Waals surface area contributed by atoms with E-state index < -0.39 is 0 Å². The van der Waals surface area contributed by atoms with Gasteiger partial charge in [0.15, 0.2) is 17.3 Å². The van der Waals surface area contributed by atoms with Gasteiger partial charge in [-0.3, -0.25) is 4.79 Å². The summed E-state index contributed by atoms with van der Waals surface area (Å²) in [5.74, 6) is 2.59. The van der Waals surface area contributed by atoms with E-state index in [9.17, 15) is 4.79 Å². The van der Waals surface area contributed by atoms with Crippen molar-refractivity contribution in [2.24, 2.45) is 5.92 Å². The standard InChI is InChI=1S/C25H25N3O3/c1-15-10-12-28(13-11-15)25-26-22(16-8-9-19(30-2)20(14-16)31-3)21-23(27-25)17-6-4-5-7-18(17)24(21)29/h4-9,14-15H,10-13H2,1-3H3. The molecule has 1 aromatic heterocycles. The Morgan fingerprint density at radius 1 is 0.903 bits per heavy atom. The van der Waals surface area contributed by atoms with Crippen molar-refractivity contribution in [1.82, 2.24) is 9.97 Å². The quantitative estimate of drug-likeness (QED) is 0.485. The van der Waals surface area contributed by atoms with Crippen LogP contribution >= 0.6 is 0 Å². The Labute approximate surface area is 181 Å². The van der Waals surface area contributed by atoms with Crippen LogP contribution in [0.25, 0.3) is 22.5 Å². The Kier molecular flexibility index (Phi) is 4.85. The van der Waals surface area contributed by atoms with E-state index >= 15 is 0 Å². The lowest BCUT2D eigenvalue weighted by Crippen LogP contribution is -2.34. The number of carbonyl (C=O) groups excluding carboxylic acids is 1. The lowest BCUT2D eigenvalue weighted by molar-refractivity contribution is 0.104. The Hall–Kier alpha value is -3.41. The number of rotatable bonds is 4. The molecule has 3 aromatic rings. The molecule has 6 nitrogen and oxygen atoms in total. The van der Waals surface area contributed by atoms with Gasteiger partial charge in [-0.15, -0.1) is 0 Å². The van der Waals surface area contributed by atoms with Crippen molar-refractivity contribution in [3.8, 4) is 34.0 Å². The molecule has 0 amide bonds. The van der Waals surface area contributed by atoms with Crippen LogP contribution in [0.2, 0.25) is 0 Å². The lowest BCUT2D eigenvalue weighted by Gasteiger charge is -2.30. The highest BCUT2D eigenvalue weighted by atomic mass is 16.5. The minimum atomic E-state index is -0.0331. The summed E-state index contributed by atoms with van der Waals surface area (Å²) >= 11 is 0. The number of piperidine rings is 1. The molecule has 1 aliphatic heterocycles. The van der Waals surface area contributed by atoms with Gasteiger partial charge in [-0.1, -0.05) is 31.2 Å². The predicted octanol–water partition coefficient (Wildman–Crippen LogP) is 4.61. The van der Waals surface area contributed by atoms with Crippen LogP contribution in [0, 0.1) is 5.92 Å². The number of nitrogens with zero attached hydrogens (tertiary/aromatic N) is 3. The minimum absolute atomic E-state index is 0.0331. The molecule has 5 rings (SSSR count). The van der Waals surface area contributed by atoms with Crippen molar-refractivity contribution in [2.75, 3.05) is 32.2 Å². The van der Waals surface area contributed by atoms with Crippen LogP contribution < -0.4 is 14.4 Å². The van der Waals surface area contributed by atoms with Gasteiger partial charge in [0.05, 0.1) is 31.2 Å². The SMILES string of the molecule is COc1ccc(-c2nc(N3CCC(C)CC3)nc3c2C(=O)c2ccccc2-3)cc1OC. The average molecular weight is 415 g/mol. The molecule has 1 saturated heterocycles. The second kappa shape index (κ2) is 7.69. The Balaban J connectivity index is 1.71. The van der Waals surface area contributed by atoms with Crippen molar-refractivity contribution < 1.29 is 14.3 Å². The zero-order valence-corrected chi connectivity index (χ0v) is 18.0. The highest BCUT2D eigenvalue weighted by Crippen LogP contribution is 2.42. The molecule has 1 aliphatic carbocycles. The number of benzene rings is 2. The Bertz CT molecular complexity index is 1170. The first kappa shape index (κ1) is 19.5. The number of hydrogen-bond donors (Lipinski definition) is 0. The van der Waals surface area contributed by atoms with Gasteiger partial charge >= 0.3 is 0 Å². The van der Waals surface area contributed by atoms with Crippen LogP contribution in [-0.2, 0) is 0 Å². The summed E-state index contributed by atoms with van der Waals surface area (Å²) in [4.78, 5) is 25.4. The van der Waals surface area contributed by atoms with Crippen LogP contribution in [0.3, 0.4) is 0 Å². The van der Waals surface area contributed by atoms with Crippen LogP contribution in [-0.4, -0.2) is 43.1 Å². The summed E-state index contributed by atoms with van der Waals surface area (Å²) in [7, 11) is 3.21. The van der Waals surface area contributed by atoms with Crippen molar-refractivity contribution in [3.05, 3.63) is 53.6 Å². The summed E-state index contributed by atoms with van der Waals surface area (Å²) in [6.07, 6.45) is 2.23. The summed E-state index contributed by atoms with van der Waals surface area (Å²) < 4.78 is 10.9. The normalized spacial score (nSPS) is 15.6. The number of ketones is 1. The van der Waals surface area contributed by atoms with Gasteiger partial charge in [0.2, 0.25) is 5.95 Å². The van der Waals surface area contributed by atoms with Gasteiger partial charge in [-0.2, -0.15) is 0 Å². The van der Waals surface area contributed by atoms with Crippen molar-refractivity contribution in [3.63, 3.8) is 0 Å². The maximum atomic E-state index is 13.3. The summed E-state index contributed by atoms with van der Waals surface area (Å²) in [5, 5.41) is 0. The van der Waals surface area contributed by atoms with Gasteiger partial charge in [0.1, 0.15) is 0 Å². The van der Waals surface area contributed by atoms with Crippen LogP contribution in [0.1, 0.15) is 35.7 Å². The van der Waals surface area contributed by atoms with Gasteiger partial charge in [-0.25, -0.2) is 9.97 Å². The fourth-order valence-electron chi connectivity index (χ4n) is 4.42. The molecule has 158 valence electrons. The number of methoxy groups -OCH3 is 2. The topological polar surface area (TPSA) is 64.5 Å². The van der Waals surface area contributed by atoms with Crippen molar-refractivity contribution in [1.29, 1.82) is 0 Å². The molecular formula is C25H25N3O3.